The molecule has 0 bridgehead atoms. The number of hydrogen-bond donors (Lipinski definition) is 1. The summed E-state index contributed by atoms with van der Waals surface area (Å²) in [4.78, 5) is 17.7. The number of hydrogen-bond acceptors (Lipinski definition) is 3. The van der Waals surface area contributed by atoms with Gasteiger partial charge in [0.1, 0.15) is 0 Å². The van der Waals surface area contributed by atoms with Crippen molar-refractivity contribution in [1.82, 2.24) is 4.98 Å². The van der Waals surface area contributed by atoms with Gasteiger partial charge in [-0.1, -0.05) is 11.6 Å². The second-order valence-corrected chi connectivity index (χ2v) is 6.78. The van der Waals surface area contributed by atoms with Crippen LogP contribution in [0, 0.1) is 11.3 Å². The van der Waals surface area contributed by atoms with Crippen LogP contribution in [0.2, 0.25) is 5.02 Å². The molecule has 25 heavy (non-hydrogen) atoms. The second-order valence-electron chi connectivity index (χ2n) is 6.34. The van der Waals surface area contributed by atoms with Gasteiger partial charge in [-0.05, 0) is 43.3 Å². The van der Waals surface area contributed by atoms with Gasteiger partial charge in [0.2, 0.25) is 0 Å². The molecule has 1 aliphatic heterocycles. The number of aromatic nitrogens is 1. The molecule has 0 saturated heterocycles. The van der Waals surface area contributed by atoms with Crippen LogP contribution in [0.1, 0.15) is 34.1 Å². The van der Waals surface area contributed by atoms with Crippen molar-refractivity contribution < 1.29 is 4.79 Å². The SMILES string of the molecule is CC(=O)c1ccc(C#N)cc1N1CCc2[nH]c3ccc(Cl)cc3c2C1. The van der Waals surface area contributed by atoms with E-state index in [9.17, 15) is 10.1 Å². The molecular formula is C20H16ClN3O. The van der Waals surface area contributed by atoms with Gasteiger partial charge in [0, 0.05) is 57.9 Å². The molecule has 1 aliphatic rings. The summed E-state index contributed by atoms with van der Waals surface area (Å²) in [5.74, 6) is 0.00672. The van der Waals surface area contributed by atoms with E-state index in [1.54, 1.807) is 19.1 Å². The fourth-order valence-corrected chi connectivity index (χ4v) is 3.72. The number of nitriles is 1. The van der Waals surface area contributed by atoms with Gasteiger partial charge in [-0.25, -0.2) is 0 Å². The highest BCUT2D eigenvalue weighted by Gasteiger charge is 2.23. The summed E-state index contributed by atoms with van der Waals surface area (Å²) in [7, 11) is 0. The van der Waals surface area contributed by atoms with Crippen LogP contribution in [-0.4, -0.2) is 17.3 Å². The smallest absolute Gasteiger partial charge is 0.161 e. The Morgan fingerprint density at radius 3 is 2.88 bits per heavy atom. The average Bonchev–Trinajstić information content (AvgIpc) is 2.98. The van der Waals surface area contributed by atoms with E-state index in [2.05, 4.69) is 16.0 Å². The Labute approximate surface area is 150 Å². The van der Waals surface area contributed by atoms with Gasteiger partial charge in [-0.15, -0.1) is 0 Å². The molecule has 2 aromatic carbocycles. The van der Waals surface area contributed by atoms with Crippen molar-refractivity contribution >= 4 is 34.0 Å². The minimum absolute atomic E-state index is 0.00672. The maximum Gasteiger partial charge on any atom is 0.161 e. The van der Waals surface area contributed by atoms with Crippen LogP contribution < -0.4 is 4.90 Å². The highest BCUT2D eigenvalue weighted by molar-refractivity contribution is 6.31. The molecule has 1 N–H and O–H groups in total. The van der Waals surface area contributed by atoms with E-state index in [-0.39, 0.29) is 5.78 Å². The molecule has 0 radical (unpaired) electrons. The van der Waals surface area contributed by atoms with E-state index in [1.807, 2.05) is 24.3 Å². The highest BCUT2D eigenvalue weighted by Crippen LogP contribution is 2.33. The summed E-state index contributed by atoms with van der Waals surface area (Å²) in [6.07, 6.45) is 0.857. The van der Waals surface area contributed by atoms with Crippen LogP contribution in [0.3, 0.4) is 0 Å². The zero-order valence-electron chi connectivity index (χ0n) is 13.8. The summed E-state index contributed by atoms with van der Waals surface area (Å²) in [5, 5.41) is 11.0. The fourth-order valence-electron chi connectivity index (χ4n) is 3.55. The summed E-state index contributed by atoms with van der Waals surface area (Å²) >= 11 is 6.17. The molecule has 0 unspecified atom stereocenters. The maximum atomic E-state index is 12.0. The van der Waals surface area contributed by atoms with Gasteiger partial charge < -0.3 is 9.88 Å². The lowest BCUT2D eigenvalue weighted by Crippen LogP contribution is -2.31. The number of fused-ring (bicyclic) bond motifs is 3. The largest absolute Gasteiger partial charge is 0.366 e. The Bertz CT molecular complexity index is 1050. The predicted octanol–water partition coefficient (Wildman–Crippen LogP) is 4.46. The first-order valence-corrected chi connectivity index (χ1v) is 8.53. The van der Waals surface area contributed by atoms with Crippen molar-refractivity contribution in [1.29, 1.82) is 5.26 Å². The summed E-state index contributed by atoms with van der Waals surface area (Å²) < 4.78 is 0. The Kier molecular flexibility index (Phi) is 3.74. The van der Waals surface area contributed by atoms with Crippen molar-refractivity contribution in [3.05, 3.63) is 63.8 Å². The van der Waals surface area contributed by atoms with Gasteiger partial charge in [0.25, 0.3) is 0 Å². The van der Waals surface area contributed by atoms with Crippen molar-refractivity contribution in [2.24, 2.45) is 0 Å². The number of H-pyrrole nitrogens is 1. The molecule has 124 valence electrons. The molecule has 2 heterocycles. The molecule has 4 rings (SSSR count). The second kappa shape index (κ2) is 5.94. The molecule has 0 spiro atoms. The maximum absolute atomic E-state index is 12.0. The van der Waals surface area contributed by atoms with E-state index >= 15 is 0 Å². The van der Waals surface area contributed by atoms with Crippen LogP contribution >= 0.6 is 11.6 Å². The number of aromatic amines is 1. The number of anilines is 1. The fraction of sp³-hybridized carbons (Fsp3) is 0.200. The topological polar surface area (TPSA) is 59.9 Å². The van der Waals surface area contributed by atoms with Gasteiger partial charge in [0.15, 0.2) is 5.78 Å². The number of ketones is 1. The normalized spacial score (nSPS) is 13.6. The quantitative estimate of drug-likeness (QED) is 0.695. The molecule has 0 amide bonds. The standard InChI is InChI=1S/C20H16ClN3O/c1-12(25)15-4-2-13(10-22)8-20(15)24-7-6-19-17(11-24)16-9-14(21)3-5-18(16)23-19/h2-5,8-9,23H,6-7,11H2,1H3. The molecule has 4 nitrogen and oxygen atoms in total. The molecule has 3 aromatic rings. The molecule has 0 aliphatic carbocycles. The zero-order valence-corrected chi connectivity index (χ0v) is 14.5. The Morgan fingerprint density at radius 1 is 1.28 bits per heavy atom. The number of Topliss-reactive ketones (excluding diaryl/α,β-unsaturated/α-hetero) is 1. The number of nitrogens with one attached hydrogen (secondary N) is 1. The first kappa shape index (κ1) is 15.7. The van der Waals surface area contributed by atoms with Crippen molar-refractivity contribution in [2.45, 2.75) is 19.9 Å². The van der Waals surface area contributed by atoms with Gasteiger partial charge in [-0.2, -0.15) is 5.26 Å². The van der Waals surface area contributed by atoms with Crippen LogP contribution in [0.4, 0.5) is 5.69 Å². The number of nitrogens with zero attached hydrogens (tertiary/aromatic N) is 2. The van der Waals surface area contributed by atoms with Crippen molar-refractivity contribution in [2.75, 3.05) is 11.4 Å². The third kappa shape index (κ3) is 2.67. The van der Waals surface area contributed by atoms with Gasteiger partial charge in [-0.3, -0.25) is 4.79 Å². The van der Waals surface area contributed by atoms with Gasteiger partial charge in [0.05, 0.1) is 11.6 Å². The third-order valence-electron chi connectivity index (χ3n) is 4.78. The Hall–Kier alpha value is -2.77. The van der Waals surface area contributed by atoms with Crippen molar-refractivity contribution in [3.63, 3.8) is 0 Å². The first-order chi connectivity index (χ1) is 12.1. The Morgan fingerprint density at radius 2 is 2.12 bits per heavy atom. The van der Waals surface area contributed by atoms with Gasteiger partial charge >= 0.3 is 0 Å². The Balaban J connectivity index is 1.80. The minimum Gasteiger partial charge on any atom is -0.366 e. The zero-order chi connectivity index (χ0) is 17.6. The van der Waals surface area contributed by atoms with Crippen LogP contribution in [-0.2, 0) is 13.0 Å². The third-order valence-corrected chi connectivity index (χ3v) is 5.02. The van der Waals surface area contributed by atoms with E-state index in [4.69, 9.17) is 11.6 Å². The van der Waals surface area contributed by atoms with E-state index in [0.717, 1.165) is 29.6 Å². The van der Waals surface area contributed by atoms with Crippen LogP contribution in [0.25, 0.3) is 10.9 Å². The van der Waals surface area contributed by atoms with E-state index < -0.39 is 0 Å². The summed E-state index contributed by atoms with van der Waals surface area (Å²) in [6, 6.07) is 13.3. The van der Waals surface area contributed by atoms with Crippen LogP contribution in [0.15, 0.2) is 36.4 Å². The van der Waals surface area contributed by atoms with E-state index in [0.29, 0.717) is 22.7 Å². The number of carbonyl (C=O) groups excluding carboxylic acids is 1. The minimum atomic E-state index is 0.00672. The van der Waals surface area contributed by atoms with E-state index in [1.165, 1.54) is 11.3 Å². The first-order valence-electron chi connectivity index (χ1n) is 8.16. The molecule has 1 aromatic heterocycles. The summed E-state index contributed by atoms with van der Waals surface area (Å²) in [6.45, 7) is 3.04. The van der Waals surface area contributed by atoms with Crippen molar-refractivity contribution in [3.8, 4) is 6.07 Å². The molecule has 0 fully saturated rings. The van der Waals surface area contributed by atoms with Crippen LogP contribution in [0.5, 0.6) is 0 Å². The monoisotopic (exact) mass is 349 g/mol. The lowest BCUT2D eigenvalue weighted by molar-refractivity contribution is 0.101. The number of rotatable bonds is 2. The lowest BCUT2D eigenvalue weighted by atomic mass is 10.0. The number of benzene rings is 2. The lowest BCUT2D eigenvalue weighted by Gasteiger charge is -2.30. The number of halogens is 1. The molecule has 0 atom stereocenters. The molecule has 5 heteroatoms. The molecule has 0 saturated carbocycles. The highest BCUT2D eigenvalue weighted by atomic mass is 35.5. The molecular weight excluding hydrogens is 334 g/mol. The summed E-state index contributed by atoms with van der Waals surface area (Å²) in [5.41, 5.74) is 5.55. The number of carbonyl (C=O) groups is 1. The average molecular weight is 350 g/mol. The predicted molar refractivity (Wildman–Crippen MR) is 99.2 cm³/mol.